The third-order valence-electron chi connectivity index (χ3n) is 5.73. The third-order valence-corrected chi connectivity index (χ3v) is 5.73. The molecule has 1 fully saturated rings. The van der Waals surface area contributed by atoms with Crippen molar-refractivity contribution in [1.82, 2.24) is 5.32 Å². The minimum atomic E-state index is 0. The average molecular weight is 525 g/mol. The normalized spacial score (nSPS) is 15.2. The Bertz CT molecular complexity index is 851. The Morgan fingerprint density at radius 3 is 2.40 bits per heavy atom. The summed E-state index contributed by atoms with van der Waals surface area (Å²) in [4.78, 5) is 4.51. The summed E-state index contributed by atoms with van der Waals surface area (Å²) in [7, 11) is 4.96. The van der Waals surface area contributed by atoms with Gasteiger partial charge in [0.05, 0.1) is 27.9 Å². The number of benzene rings is 2. The molecule has 1 aliphatic rings. The maximum absolute atomic E-state index is 6.18. The number of nitrogens with zero attached hydrogens (tertiary/aromatic N) is 1. The topological polar surface area (TPSA) is 78.1 Å². The van der Waals surface area contributed by atoms with Gasteiger partial charge in [-0.05, 0) is 48.2 Å². The second-order valence-corrected chi connectivity index (χ2v) is 7.46. The van der Waals surface area contributed by atoms with Crippen LogP contribution in [0.25, 0.3) is 0 Å². The fourth-order valence-electron chi connectivity index (χ4n) is 4.04. The molecule has 3 rings (SSSR count). The lowest BCUT2D eigenvalue weighted by Gasteiger charge is -2.30. The van der Waals surface area contributed by atoms with E-state index in [1.54, 1.807) is 21.3 Å². The molecule has 30 heavy (non-hydrogen) atoms. The van der Waals surface area contributed by atoms with Crippen LogP contribution in [0.4, 0.5) is 0 Å². The Morgan fingerprint density at radius 1 is 1.00 bits per heavy atom. The molecule has 2 aromatic carbocycles. The summed E-state index contributed by atoms with van der Waals surface area (Å²) in [5, 5.41) is 3.35. The van der Waals surface area contributed by atoms with Crippen LogP contribution >= 0.6 is 24.0 Å². The predicted molar refractivity (Wildman–Crippen MR) is 131 cm³/mol. The van der Waals surface area contributed by atoms with Crippen LogP contribution in [-0.4, -0.2) is 33.8 Å². The molecular formula is C23H32IN3O3. The molecule has 6 nitrogen and oxygen atoms in total. The second-order valence-electron chi connectivity index (χ2n) is 7.46. The molecule has 7 heteroatoms. The Hall–Kier alpha value is -2.16. The third kappa shape index (κ3) is 5.71. The van der Waals surface area contributed by atoms with Gasteiger partial charge in [0.25, 0.3) is 0 Å². The first-order chi connectivity index (χ1) is 14.1. The van der Waals surface area contributed by atoms with Gasteiger partial charge in [-0.15, -0.1) is 24.0 Å². The fraction of sp³-hybridized carbons (Fsp3) is 0.435. The number of guanidine groups is 1. The smallest absolute Gasteiger partial charge is 0.188 e. The molecule has 0 unspecified atom stereocenters. The predicted octanol–water partition coefficient (Wildman–Crippen LogP) is 4.25. The van der Waals surface area contributed by atoms with Crippen LogP contribution in [0.15, 0.2) is 47.5 Å². The number of hydrogen-bond acceptors (Lipinski definition) is 4. The van der Waals surface area contributed by atoms with E-state index in [1.807, 2.05) is 24.3 Å². The van der Waals surface area contributed by atoms with Gasteiger partial charge in [-0.1, -0.05) is 31.0 Å². The van der Waals surface area contributed by atoms with Crippen molar-refractivity contribution in [3.63, 3.8) is 0 Å². The highest BCUT2D eigenvalue weighted by Gasteiger charge is 2.35. The van der Waals surface area contributed by atoms with Gasteiger partial charge in [-0.25, -0.2) is 4.99 Å². The van der Waals surface area contributed by atoms with E-state index in [-0.39, 0.29) is 29.4 Å². The molecule has 3 N–H and O–H groups in total. The van der Waals surface area contributed by atoms with Gasteiger partial charge in [0.2, 0.25) is 0 Å². The van der Waals surface area contributed by atoms with Crippen LogP contribution in [0, 0.1) is 0 Å². The molecule has 0 radical (unpaired) electrons. The van der Waals surface area contributed by atoms with Crippen molar-refractivity contribution >= 4 is 29.9 Å². The molecule has 0 heterocycles. The molecule has 0 aliphatic heterocycles. The zero-order chi connectivity index (χ0) is 20.7. The standard InChI is InChI=1S/C23H31N3O3.HI/c1-27-19-8-6-7-18(14-19)23(11-4-5-12-23)16-26-22(24)25-15-17-9-10-20(28-2)21(13-17)29-3;/h6-10,13-14H,4-5,11-12,15-16H2,1-3H3,(H3,24,25,26);1H. The van der Waals surface area contributed by atoms with E-state index in [9.17, 15) is 0 Å². The van der Waals surface area contributed by atoms with Gasteiger partial charge in [-0.2, -0.15) is 0 Å². The molecule has 1 saturated carbocycles. The van der Waals surface area contributed by atoms with E-state index in [2.05, 4.69) is 28.5 Å². The highest BCUT2D eigenvalue weighted by Crippen LogP contribution is 2.41. The zero-order valence-corrected chi connectivity index (χ0v) is 20.3. The van der Waals surface area contributed by atoms with E-state index in [1.165, 1.54) is 18.4 Å². The summed E-state index contributed by atoms with van der Waals surface area (Å²) in [5.41, 5.74) is 8.56. The molecule has 0 spiro atoms. The Morgan fingerprint density at radius 2 is 1.73 bits per heavy atom. The number of halogens is 1. The van der Waals surface area contributed by atoms with Crippen LogP contribution in [0.1, 0.15) is 36.8 Å². The van der Waals surface area contributed by atoms with Gasteiger partial charge in [0.1, 0.15) is 5.75 Å². The number of ether oxygens (including phenoxy) is 3. The minimum absolute atomic E-state index is 0. The van der Waals surface area contributed by atoms with E-state index < -0.39 is 0 Å². The number of aliphatic imine (C=N–C) groups is 1. The van der Waals surface area contributed by atoms with Crippen molar-refractivity contribution in [2.24, 2.45) is 10.7 Å². The number of rotatable bonds is 8. The van der Waals surface area contributed by atoms with Crippen LogP contribution in [0.3, 0.4) is 0 Å². The summed E-state index contributed by atoms with van der Waals surface area (Å²) in [6.07, 6.45) is 4.72. The van der Waals surface area contributed by atoms with Crippen molar-refractivity contribution in [2.45, 2.75) is 37.6 Å². The van der Waals surface area contributed by atoms with E-state index >= 15 is 0 Å². The van der Waals surface area contributed by atoms with Crippen molar-refractivity contribution in [3.8, 4) is 17.2 Å². The zero-order valence-electron chi connectivity index (χ0n) is 17.9. The van der Waals surface area contributed by atoms with Gasteiger partial charge >= 0.3 is 0 Å². The number of hydrogen-bond donors (Lipinski definition) is 2. The largest absolute Gasteiger partial charge is 0.497 e. The molecule has 2 aromatic rings. The molecular weight excluding hydrogens is 493 g/mol. The monoisotopic (exact) mass is 525 g/mol. The maximum Gasteiger partial charge on any atom is 0.188 e. The summed E-state index contributed by atoms with van der Waals surface area (Å²) in [5.74, 6) is 2.74. The van der Waals surface area contributed by atoms with Crippen LogP contribution in [0.5, 0.6) is 17.2 Å². The lowest BCUT2D eigenvalue weighted by molar-refractivity contribution is 0.354. The van der Waals surface area contributed by atoms with E-state index in [0.29, 0.717) is 24.0 Å². The lowest BCUT2D eigenvalue weighted by atomic mass is 9.78. The van der Waals surface area contributed by atoms with Gasteiger partial charge in [0.15, 0.2) is 17.5 Å². The van der Waals surface area contributed by atoms with Crippen LogP contribution < -0.4 is 25.3 Å². The molecule has 0 atom stereocenters. The first kappa shape index (κ1) is 24.1. The quantitative estimate of drug-likeness (QED) is 0.306. The maximum atomic E-state index is 6.18. The lowest BCUT2D eigenvalue weighted by Crippen LogP contribution is -2.42. The van der Waals surface area contributed by atoms with Crippen molar-refractivity contribution < 1.29 is 14.2 Å². The second kappa shape index (κ2) is 11.3. The van der Waals surface area contributed by atoms with Crippen molar-refractivity contribution in [3.05, 3.63) is 53.6 Å². The Balaban J connectivity index is 0.00000320. The number of nitrogens with one attached hydrogen (secondary N) is 1. The van der Waals surface area contributed by atoms with Crippen molar-refractivity contribution in [2.75, 3.05) is 27.9 Å². The Labute approximate surface area is 196 Å². The Kier molecular flexibility index (Phi) is 9.08. The van der Waals surface area contributed by atoms with Crippen molar-refractivity contribution in [1.29, 1.82) is 0 Å². The molecule has 0 bridgehead atoms. The molecule has 0 saturated heterocycles. The van der Waals surface area contributed by atoms with Crippen LogP contribution in [-0.2, 0) is 12.0 Å². The molecule has 1 aliphatic carbocycles. The minimum Gasteiger partial charge on any atom is -0.497 e. The molecule has 0 aromatic heterocycles. The number of nitrogens with two attached hydrogens (primary N) is 1. The number of methoxy groups -OCH3 is 3. The van der Waals surface area contributed by atoms with E-state index in [0.717, 1.165) is 30.7 Å². The van der Waals surface area contributed by atoms with Gasteiger partial charge in [0, 0.05) is 12.0 Å². The molecule has 164 valence electrons. The highest BCUT2D eigenvalue weighted by molar-refractivity contribution is 14.0. The summed E-state index contributed by atoms with van der Waals surface area (Å²) in [6.45, 7) is 1.24. The summed E-state index contributed by atoms with van der Waals surface area (Å²) < 4.78 is 16.0. The first-order valence-electron chi connectivity index (χ1n) is 9.99. The first-order valence-corrected chi connectivity index (χ1v) is 9.99. The van der Waals surface area contributed by atoms with Crippen LogP contribution in [0.2, 0.25) is 0 Å². The fourth-order valence-corrected chi connectivity index (χ4v) is 4.04. The average Bonchev–Trinajstić information content (AvgIpc) is 3.26. The SMILES string of the molecule is COc1cccc(C2(CNC(N)=NCc3ccc(OC)c(OC)c3)CCCC2)c1.I. The van der Waals surface area contributed by atoms with Gasteiger partial charge < -0.3 is 25.3 Å². The van der Waals surface area contributed by atoms with E-state index in [4.69, 9.17) is 19.9 Å². The summed E-state index contributed by atoms with van der Waals surface area (Å²) in [6, 6.07) is 14.1. The van der Waals surface area contributed by atoms with Gasteiger partial charge in [-0.3, -0.25) is 0 Å². The molecule has 0 amide bonds. The highest BCUT2D eigenvalue weighted by atomic mass is 127. The summed E-state index contributed by atoms with van der Waals surface area (Å²) >= 11 is 0.